The molecule has 0 amide bonds. The number of cyclic esters (lactones) is 1. The van der Waals surface area contributed by atoms with E-state index in [-0.39, 0.29) is 12.1 Å². The van der Waals surface area contributed by atoms with Crippen LogP contribution in [0.3, 0.4) is 0 Å². The van der Waals surface area contributed by atoms with Crippen molar-refractivity contribution in [2.24, 2.45) is 0 Å². The largest absolute Gasteiger partial charge is 0.462 e. The van der Waals surface area contributed by atoms with Crippen LogP contribution in [0.1, 0.15) is 32.1 Å². The molecule has 0 spiro atoms. The number of carbonyl (C=O) groups excluding carboxylic acids is 1. The number of alkyl halides is 1. The molecule has 11 heavy (non-hydrogen) atoms. The summed E-state index contributed by atoms with van der Waals surface area (Å²) in [6.45, 7) is 0. The molecule has 1 rings (SSSR count). The molecule has 1 aliphatic heterocycles. The van der Waals surface area contributed by atoms with Crippen LogP contribution < -0.4 is 0 Å². The summed E-state index contributed by atoms with van der Waals surface area (Å²) in [4.78, 5) is 10.7. The Hall–Kier alpha value is -0.0500. The van der Waals surface area contributed by atoms with Crippen LogP contribution in [0, 0.1) is 0 Å². The van der Waals surface area contributed by atoms with Crippen molar-refractivity contribution in [3.05, 3.63) is 0 Å². The molecule has 1 saturated heterocycles. The highest BCUT2D eigenvalue weighted by molar-refractivity contribution is 9.09. The lowest BCUT2D eigenvalue weighted by atomic mass is 10.1. The van der Waals surface area contributed by atoms with Crippen LogP contribution in [0.4, 0.5) is 0 Å². The molecule has 0 N–H and O–H groups in total. The van der Waals surface area contributed by atoms with E-state index in [0.717, 1.165) is 24.6 Å². The van der Waals surface area contributed by atoms with Gasteiger partial charge in [-0.25, -0.2) is 0 Å². The SMILES string of the molecule is O=C1CCC(CCCCBr)O1. The lowest BCUT2D eigenvalue weighted by molar-refractivity contribution is -0.141. The second-order valence-electron chi connectivity index (χ2n) is 2.84. The van der Waals surface area contributed by atoms with Crippen molar-refractivity contribution in [3.8, 4) is 0 Å². The quantitative estimate of drug-likeness (QED) is 0.413. The molecule has 3 heteroatoms. The molecular formula is C8H13BrO2. The molecule has 2 nitrogen and oxygen atoms in total. The summed E-state index contributed by atoms with van der Waals surface area (Å²) in [6.07, 6.45) is 5.15. The first-order chi connectivity index (χ1) is 5.33. The predicted molar refractivity (Wildman–Crippen MR) is 46.8 cm³/mol. The summed E-state index contributed by atoms with van der Waals surface area (Å²) in [5.41, 5.74) is 0. The minimum Gasteiger partial charge on any atom is -0.462 e. The van der Waals surface area contributed by atoms with Crippen LogP contribution in [0.15, 0.2) is 0 Å². The maximum Gasteiger partial charge on any atom is 0.306 e. The van der Waals surface area contributed by atoms with E-state index in [1.165, 1.54) is 6.42 Å². The summed E-state index contributed by atoms with van der Waals surface area (Å²) in [6, 6.07) is 0. The highest BCUT2D eigenvalue weighted by atomic mass is 79.9. The van der Waals surface area contributed by atoms with Gasteiger partial charge in [0.2, 0.25) is 0 Å². The van der Waals surface area contributed by atoms with E-state index in [2.05, 4.69) is 15.9 Å². The fourth-order valence-electron chi connectivity index (χ4n) is 1.25. The van der Waals surface area contributed by atoms with Crippen molar-refractivity contribution >= 4 is 21.9 Å². The fourth-order valence-corrected chi connectivity index (χ4v) is 1.65. The number of rotatable bonds is 4. The van der Waals surface area contributed by atoms with Gasteiger partial charge >= 0.3 is 5.97 Å². The molecule has 0 aromatic rings. The normalized spacial score (nSPS) is 23.7. The van der Waals surface area contributed by atoms with Crippen LogP contribution in [-0.2, 0) is 9.53 Å². The maximum absolute atomic E-state index is 10.7. The minimum atomic E-state index is -0.0196. The molecule has 0 radical (unpaired) electrons. The standard InChI is InChI=1S/C8H13BrO2/c9-6-2-1-3-7-4-5-8(10)11-7/h7H,1-6H2. The second kappa shape index (κ2) is 4.75. The molecule has 1 heterocycles. The van der Waals surface area contributed by atoms with Crippen molar-refractivity contribution in [2.75, 3.05) is 5.33 Å². The van der Waals surface area contributed by atoms with E-state index in [1.807, 2.05) is 0 Å². The van der Waals surface area contributed by atoms with Crippen molar-refractivity contribution in [1.82, 2.24) is 0 Å². The summed E-state index contributed by atoms with van der Waals surface area (Å²) in [5, 5.41) is 1.05. The Bertz CT molecular complexity index is 136. The van der Waals surface area contributed by atoms with Gasteiger partial charge in [-0.05, 0) is 25.7 Å². The highest BCUT2D eigenvalue weighted by Gasteiger charge is 2.22. The van der Waals surface area contributed by atoms with Crippen molar-refractivity contribution in [2.45, 2.75) is 38.2 Å². The zero-order valence-electron chi connectivity index (χ0n) is 6.51. The Morgan fingerprint density at radius 1 is 1.55 bits per heavy atom. The lowest BCUT2D eigenvalue weighted by Gasteiger charge is -2.06. The molecule has 0 saturated carbocycles. The molecule has 1 fully saturated rings. The average molecular weight is 221 g/mol. The molecule has 1 atom stereocenters. The molecule has 64 valence electrons. The molecule has 0 aliphatic carbocycles. The third-order valence-corrected chi connectivity index (χ3v) is 2.44. The zero-order chi connectivity index (χ0) is 8.10. The van der Waals surface area contributed by atoms with Gasteiger partial charge in [-0.15, -0.1) is 0 Å². The number of unbranched alkanes of at least 4 members (excludes halogenated alkanes) is 1. The van der Waals surface area contributed by atoms with E-state index in [9.17, 15) is 4.79 Å². The summed E-state index contributed by atoms with van der Waals surface area (Å²) in [7, 11) is 0. The third kappa shape index (κ3) is 3.23. The number of ether oxygens (including phenoxy) is 1. The van der Waals surface area contributed by atoms with Crippen LogP contribution in [-0.4, -0.2) is 17.4 Å². The second-order valence-corrected chi connectivity index (χ2v) is 3.63. The van der Waals surface area contributed by atoms with Crippen molar-refractivity contribution in [1.29, 1.82) is 0 Å². The summed E-state index contributed by atoms with van der Waals surface area (Å²) in [5.74, 6) is -0.0196. The molecule has 0 bridgehead atoms. The van der Waals surface area contributed by atoms with Crippen LogP contribution in [0.25, 0.3) is 0 Å². The van der Waals surface area contributed by atoms with Gasteiger partial charge in [0.15, 0.2) is 0 Å². The average Bonchev–Trinajstić information content (AvgIpc) is 2.37. The predicted octanol–water partition coefficient (Wildman–Crippen LogP) is 2.26. The summed E-state index contributed by atoms with van der Waals surface area (Å²) >= 11 is 3.36. The van der Waals surface area contributed by atoms with Crippen molar-refractivity contribution in [3.63, 3.8) is 0 Å². The van der Waals surface area contributed by atoms with Gasteiger partial charge in [-0.3, -0.25) is 4.79 Å². The number of halogens is 1. The Morgan fingerprint density at radius 3 is 2.91 bits per heavy atom. The van der Waals surface area contributed by atoms with Gasteiger partial charge in [-0.2, -0.15) is 0 Å². The van der Waals surface area contributed by atoms with Gasteiger partial charge in [0.05, 0.1) is 0 Å². The van der Waals surface area contributed by atoms with E-state index in [1.54, 1.807) is 0 Å². The van der Waals surface area contributed by atoms with Crippen LogP contribution in [0.5, 0.6) is 0 Å². The third-order valence-electron chi connectivity index (χ3n) is 1.88. The Kier molecular flexibility index (Phi) is 3.91. The van der Waals surface area contributed by atoms with Gasteiger partial charge in [0.25, 0.3) is 0 Å². The van der Waals surface area contributed by atoms with Crippen LogP contribution in [0.2, 0.25) is 0 Å². The maximum atomic E-state index is 10.7. The summed E-state index contributed by atoms with van der Waals surface area (Å²) < 4.78 is 5.05. The number of hydrogen-bond acceptors (Lipinski definition) is 2. The van der Waals surface area contributed by atoms with Gasteiger partial charge in [0, 0.05) is 11.8 Å². The Morgan fingerprint density at radius 2 is 2.36 bits per heavy atom. The molecular weight excluding hydrogens is 208 g/mol. The Balaban J connectivity index is 2.04. The fraction of sp³-hybridized carbons (Fsp3) is 0.875. The monoisotopic (exact) mass is 220 g/mol. The molecule has 0 aromatic heterocycles. The Labute approximate surface area is 75.4 Å². The number of hydrogen-bond donors (Lipinski definition) is 0. The highest BCUT2D eigenvalue weighted by Crippen LogP contribution is 2.18. The van der Waals surface area contributed by atoms with Gasteiger partial charge in [0.1, 0.15) is 6.10 Å². The van der Waals surface area contributed by atoms with E-state index in [0.29, 0.717) is 6.42 Å². The first-order valence-corrected chi connectivity index (χ1v) is 5.20. The topological polar surface area (TPSA) is 26.3 Å². The lowest BCUT2D eigenvalue weighted by Crippen LogP contribution is -2.06. The molecule has 0 aromatic carbocycles. The van der Waals surface area contributed by atoms with Crippen molar-refractivity contribution < 1.29 is 9.53 Å². The van der Waals surface area contributed by atoms with Crippen LogP contribution >= 0.6 is 15.9 Å². The van der Waals surface area contributed by atoms with E-state index < -0.39 is 0 Å². The minimum absolute atomic E-state index is 0.0196. The first kappa shape index (κ1) is 9.04. The number of esters is 1. The molecule has 1 unspecified atom stereocenters. The molecule has 1 aliphatic rings. The van der Waals surface area contributed by atoms with Gasteiger partial charge < -0.3 is 4.74 Å². The van der Waals surface area contributed by atoms with E-state index in [4.69, 9.17) is 4.74 Å². The first-order valence-electron chi connectivity index (χ1n) is 4.08. The smallest absolute Gasteiger partial charge is 0.306 e. The van der Waals surface area contributed by atoms with E-state index >= 15 is 0 Å². The zero-order valence-corrected chi connectivity index (χ0v) is 8.10. The van der Waals surface area contributed by atoms with Gasteiger partial charge in [-0.1, -0.05) is 15.9 Å². The number of carbonyl (C=O) groups is 1.